The third kappa shape index (κ3) is 3.85. The quantitative estimate of drug-likeness (QED) is 0.745. The SMILES string of the molecule is COc1ccc(COC(=O)C2=C(C)NC3=CCCC(=O)C3C2c2cccs2)cc1. The lowest BCUT2D eigenvalue weighted by Gasteiger charge is -2.37. The van der Waals surface area contributed by atoms with Crippen LogP contribution in [-0.2, 0) is 20.9 Å². The van der Waals surface area contributed by atoms with Gasteiger partial charge in [-0.05, 0) is 42.5 Å². The zero-order valence-electron chi connectivity index (χ0n) is 16.4. The van der Waals surface area contributed by atoms with Gasteiger partial charge in [-0.1, -0.05) is 24.3 Å². The van der Waals surface area contributed by atoms with E-state index >= 15 is 0 Å². The number of esters is 1. The van der Waals surface area contributed by atoms with Crippen LogP contribution in [0.5, 0.6) is 5.75 Å². The highest BCUT2D eigenvalue weighted by Gasteiger charge is 2.43. The van der Waals surface area contributed by atoms with E-state index in [2.05, 4.69) is 11.4 Å². The molecule has 2 atom stereocenters. The van der Waals surface area contributed by atoms with E-state index < -0.39 is 0 Å². The van der Waals surface area contributed by atoms with Crippen molar-refractivity contribution in [1.82, 2.24) is 5.32 Å². The Morgan fingerprint density at radius 1 is 1.21 bits per heavy atom. The van der Waals surface area contributed by atoms with Gasteiger partial charge < -0.3 is 14.8 Å². The minimum Gasteiger partial charge on any atom is -0.497 e. The van der Waals surface area contributed by atoms with Gasteiger partial charge in [0.05, 0.1) is 18.6 Å². The van der Waals surface area contributed by atoms with Gasteiger partial charge in [-0.2, -0.15) is 0 Å². The molecule has 4 rings (SSSR count). The molecule has 2 heterocycles. The Labute approximate surface area is 174 Å². The monoisotopic (exact) mass is 409 g/mol. The standard InChI is InChI=1S/C23H23NO4S/c1-14-20(23(26)28-13-15-8-10-16(27-2)11-9-15)22(19-7-4-12-29-19)21-17(24-14)5-3-6-18(21)25/h4-5,7-12,21-22,24H,3,6,13H2,1-2H3. The summed E-state index contributed by atoms with van der Waals surface area (Å²) in [4.78, 5) is 26.9. The molecule has 0 saturated carbocycles. The van der Waals surface area contributed by atoms with Crippen LogP contribution in [0.3, 0.4) is 0 Å². The number of methoxy groups -OCH3 is 1. The number of carbonyl (C=O) groups is 2. The van der Waals surface area contributed by atoms with Gasteiger partial charge in [0.15, 0.2) is 0 Å². The number of allylic oxidation sites excluding steroid dienone is 3. The van der Waals surface area contributed by atoms with Gasteiger partial charge in [0.25, 0.3) is 0 Å². The molecule has 0 radical (unpaired) electrons. The lowest BCUT2D eigenvalue weighted by Crippen LogP contribution is -2.40. The number of hydrogen-bond donors (Lipinski definition) is 1. The number of rotatable bonds is 5. The maximum atomic E-state index is 13.1. The Morgan fingerprint density at radius 2 is 2.00 bits per heavy atom. The average molecular weight is 410 g/mol. The van der Waals surface area contributed by atoms with Gasteiger partial charge in [0, 0.05) is 28.6 Å². The first kappa shape index (κ1) is 19.5. The van der Waals surface area contributed by atoms with E-state index in [4.69, 9.17) is 9.47 Å². The predicted molar refractivity (Wildman–Crippen MR) is 111 cm³/mol. The van der Waals surface area contributed by atoms with Crippen LogP contribution in [-0.4, -0.2) is 18.9 Å². The van der Waals surface area contributed by atoms with E-state index in [0.717, 1.165) is 34.0 Å². The number of hydrogen-bond acceptors (Lipinski definition) is 6. The second kappa shape index (κ2) is 8.25. The summed E-state index contributed by atoms with van der Waals surface area (Å²) in [7, 11) is 1.61. The molecule has 150 valence electrons. The van der Waals surface area contributed by atoms with E-state index in [9.17, 15) is 9.59 Å². The first-order valence-electron chi connectivity index (χ1n) is 9.62. The van der Waals surface area contributed by atoms with Crippen LogP contribution >= 0.6 is 11.3 Å². The highest BCUT2D eigenvalue weighted by atomic mass is 32.1. The summed E-state index contributed by atoms with van der Waals surface area (Å²) in [5, 5.41) is 5.27. The van der Waals surface area contributed by atoms with Crippen LogP contribution in [0.15, 0.2) is 64.8 Å². The second-order valence-corrected chi connectivity index (χ2v) is 8.20. The van der Waals surface area contributed by atoms with Crippen molar-refractivity contribution in [2.24, 2.45) is 5.92 Å². The molecular weight excluding hydrogens is 386 g/mol. The summed E-state index contributed by atoms with van der Waals surface area (Å²) in [6.45, 7) is 2.04. The number of carbonyl (C=O) groups excluding carboxylic acids is 2. The largest absolute Gasteiger partial charge is 0.497 e. The molecule has 0 spiro atoms. The van der Waals surface area contributed by atoms with E-state index in [1.807, 2.05) is 48.7 Å². The Bertz CT molecular complexity index is 973. The lowest BCUT2D eigenvalue weighted by atomic mass is 9.73. The third-order valence-electron chi connectivity index (χ3n) is 5.42. The summed E-state index contributed by atoms with van der Waals surface area (Å²) in [5.74, 6) is -0.126. The number of ether oxygens (including phenoxy) is 2. The molecule has 29 heavy (non-hydrogen) atoms. The zero-order valence-corrected chi connectivity index (χ0v) is 17.3. The minimum absolute atomic E-state index is 0.165. The molecular formula is C23H23NO4S. The predicted octanol–water partition coefficient (Wildman–Crippen LogP) is 4.32. The lowest BCUT2D eigenvalue weighted by molar-refractivity contribution is -0.141. The minimum atomic E-state index is -0.387. The van der Waals surface area contributed by atoms with Gasteiger partial charge in [-0.3, -0.25) is 4.79 Å². The van der Waals surface area contributed by atoms with E-state index in [-0.39, 0.29) is 30.2 Å². The van der Waals surface area contributed by atoms with Crippen LogP contribution < -0.4 is 10.1 Å². The fourth-order valence-corrected chi connectivity index (χ4v) is 4.88. The maximum Gasteiger partial charge on any atom is 0.336 e. The molecule has 1 aromatic heterocycles. The van der Waals surface area contributed by atoms with E-state index in [1.165, 1.54) is 0 Å². The van der Waals surface area contributed by atoms with Gasteiger partial charge in [-0.15, -0.1) is 11.3 Å². The zero-order chi connectivity index (χ0) is 20.4. The van der Waals surface area contributed by atoms with Gasteiger partial charge in [0.1, 0.15) is 18.1 Å². The van der Waals surface area contributed by atoms with Crippen LogP contribution in [0.4, 0.5) is 0 Å². The molecule has 1 aliphatic carbocycles. The van der Waals surface area contributed by atoms with Crippen molar-refractivity contribution in [3.8, 4) is 5.75 Å². The maximum absolute atomic E-state index is 13.1. The first-order chi connectivity index (χ1) is 14.1. The van der Waals surface area contributed by atoms with Gasteiger partial charge in [0.2, 0.25) is 0 Å². The first-order valence-corrected chi connectivity index (χ1v) is 10.5. The van der Waals surface area contributed by atoms with Crippen molar-refractivity contribution >= 4 is 23.1 Å². The second-order valence-electron chi connectivity index (χ2n) is 7.22. The third-order valence-corrected chi connectivity index (χ3v) is 6.37. The normalized spacial score (nSPS) is 21.2. The van der Waals surface area contributed by atoms with Crippen molar-refractivity contribution in [2.45, 2.75) is 32.3 Å². The van der Waals surface area contributed by atoms with Crippen LogP contribution in [0.1, 0.15) is 36.1 Å². The molecule has 5 nitrogen and oxygen atoms in total. The van der Waals surface area contributed by atoms with Gasteiger partial charge in [-0.25, -0.2) is 4.79 Å². The Kier molecular flexibility index (Phi) is 5.53. The fraction of sp³-hybridized carbons (Fsp3) is 0.304. The number of ketones is 1. The smallest absolute Gasteiger partial charge is 0.336 e. The summed E-state index contributed by atoms with van der Waals surface area (Å²) in [6.07, 6.45) is 3.32. The van der Waals surface area contributed by atoms with Crippen LogP contribution in [0, 0.1) is 5.92 Å². The molecule has 0 bridgehead atoms. The van der Waals surface area contributed by atoms with E-state index in [0.29, 0.717) is 12.0 Å². The molecule has 0 saturated heterocycles. The molecule has 1 aliphatic heterocycles. The molecule has 6 heteroatoms. The number of Topliss-reactive ketones (excluding diaryl/α,β-unsaturated/α-hetero) is 1. The molecule has 2 aliphatic rings. The summed E-state index contributed by atoms with van der Waals surface area (Å²) >= 11 is 1.57. The highest BCUT2D eigenvalue weighted by molar-refractivity contribution is 7.10. The van der Waals surface area contributed by atoms with Crippen molar-refractivity contribution in [1.29, 1.82) is 0 Å². The van der Waals surface area contributed by atoms with E-state index in [1.54, 1.807) is 18.4 Å². The van der Waals surface area contributed by atoms with Crippen LogP contribution in [0.25, 0.3) is 0 Å². The van der Waals surface area contributed by atoms with Gasteiger partial charge >= 0.3 is 5.97 Å². The highest BCUT2D eigenvalue weighted by Crippen LogP contribution is 2.45. The molecule has 1 aromatic carbocycles. The van der Waals surface area contributed by atoms with Crippen molar-refractivity contribution in [3.05, 3.63) is 75.3 Å². The summed E-state index contributed by atoms with van der Waals surface area (Å²) in [6, 6.07) is 11.4. The fourth-order valence-electron chi connectivity index (χ4n) is 4.01. The molecule has 2 unspecified atom stereocenters. The summed E-state index contributed by atoms with van der Waals surface area (Å²) in [5.41, 5.74) is 3.07. The number of nitrogens with one attached hydrogen (secondary N) is 1. The number of benzene rings is 1. The van der Waals surface area contributed by atoms with Crippen molar-refractivity contribution < 1.29 is 19.1 Å². The van der Waals surface area contributed by atoms with Crippen molar-refractivity contribution in [2.75, 3.05) is 7.11 Å². The Morgan fingerprint density at radius 3 is 2.69 bits per heavy atom. The Hall–Kier alpha value is -2.86. The Balaban J connectivity index is 1.62. The average Bonchev–Trinajstić information content (AvgIpc) is 3.26. The number of fused-ring (bicyclic) bond motifs is 1. The summed E-state index contributed by atoms with van der Waals surface area (Å²) < 4.78 is 10.8. The molecule has 0 fully saturated rings. The van der Waals surface area contributed by atoms with Crippen molar-refractivity contribution in [3.63, 3.8) is 0 Å². The van der Waals surface area contributed by atoms with Crippen LogP contribution in [0.2, 0.25) is 0 Å². The molecule has 0 amide bonds. The number of thiophene rings is 1. The molecule has 1 N–H and O–H groups in total. The molecule has 2 aromatic rings. The topological polar surface area (TPSA) is 64.6 Å².